The highest BCUT2D eigenvalue weighted by Gasteiger charge is 2.10. The van der Waals surface area contributed by atoms with Crippen LogP contribution >= 0.6 is 0 Å². The number of nitrogens with zero attached hydrogens (tertiary/aromatic N) is 2. The van der Waals surface area contributed by atoms with E-state index in [0.29, 0.717) is 11.5 Å². The number of carbonyl (C=O) groups excluding carboxylic acids is 1. The summed E-state index contributed by atoms with van der Waals surface area (Å²) in [6.45, 7) is 3.15. The average Bonchev–Trinajstić information content (AvgIpc) is 2.72. The molecule has 0 spiro atoms. The topological polar surface area (TPSA) is 86.4 Å². The van der Waals surface area contributed by atoms with Crippen LogP contribution in [0.25, 0.3) is 0 Å². The van der Waals surface area contributed by atoms with Crippen molar-refractivity contribution in [2.45, 2.75) is 0 Å². The zero-order chi connectivity index (χ0) is 19.1. The van der Waals surface area contributed by atoms with Crippen molar-refractivity contribution < 1.29 is 19.0 Å². The summed E-state index contributed by atoms with van der Waals surface area (Å²) in [6.07, 6.45) is 1.75. The molecule has 0 atom stereocenters. The first-order valence-electron chi connectivity index (χ1n) is 8.71. The number of primary amides is 1. The Kier molecular flexibility index (Phi) is 6.27. The Bertz CT molecular complexity index is 799. The smallest absolute Gasteiger partial charge is 0.255 e. The molecule has 1 fully saturated rings. The highest BCUT2D eigenvalue weighted by molar-refractivity contribution is 5.83. The maximum absolute atomic E-state index is 10.8. The van der Waals surface area contributed by atoms with Gasteiger partial charge in [0.25, 0.3) is 5.91 Å². The van der Waals surface area contributed by atoms with Gasteiger partial charge >= 0.3 is 0 Å². The maximum Gasteiger partial charge on any atom is 0.255 e. The van der Waals surface area contributed by atoms with Gasteiger partial charge in [-0.3, -0.25) is 9.79 Å². The molecule has 1 amide bonds. The van der Waals surface area contributed by atoms with E-state index in [-0.39, 0.29) is 6.61 Å². The van der Waals surface area contributed by atoms with Gasteiger partial charge in [0.05, 0.1) is 26.0 Å². The van der Waals surface area contributed by atoms with E-state index >= 15 is 0 Å². The molecule has 0 bridgehead atoms. The quantitative estimate of drug-likeness (QED) is 0.756. The lowest BCUT2D eigenvalue weighted by Gasteiger charge is -2.28. The molecule has 0 radical (unpaired) electrons. The van der Waals surface area contributed by atoms with Crippen molar-refractivity contribution in [2.75, 3.05) is 44.9 Å². The first-order valence-corrected chi connectivity index (χ1v) is 8.71. The Morgan fingerprint density at radius 1 is 1.19 bits per heavy atom. The molecule has 27 heavy (non-hydrogen) atoms. The molecule has 2 aromatic rings. The number of ether oxygens (including phenoxy) is 3. The van der Waals surface area contributed by atoms with Gasteiger partial charge in [0, 0.05) is 25.0 Å². The van der Waals surface area contributed by atoms with E-state index < -0.39 is 5.91 Å². The third-order valence-electron chi connectivity index (χ3n) is 4.15. The second kappa shape index (κ2) is 9.05. The van der Waals surface area contributed by atoms with Gasteiger partial charge in [-0.05, 0) is 48.0 Å². The summed E-state index contributed by atoms with van der Waals surface area (Å²) in [5.74, 6) is 0.439. The number of benzene rings is 2. The van der Waals surface area contributed by atoms with E-state index in [2.05, 4.69) is 22.0 Å². The molecule has 3 rings (SSSR count). The van der Waals surface area contributed by atoms with Gasteiger partial charge in [0.2, 0.25) is 0 Å². The van der Waals surface area contributed by atoms with Gasteiger partial charge < -0.3 is 24.8 Å². The summed E-state index contributed by atoms with van der Waals surface area (Å²) in [6, 6.07) is 13.5. The van der Waals surface area contributed by atoms with Crippen molar-refractivity contribution >= 4 is 23.5 Å². The summed E-state index contributed by atoms with van der Waals surface area (Å²) in [5.41, 5.74) is 7.99. The van der Waals surface area contributed by atoms with E-state index in [0.717, 1.165) is 37.6 Å². The lowest BCUT2D eigenvalue weighted by atomic mass is 10.2. The molecule has 0 aliphatic carbocycles. The predicted molar refractivity (Wildman–Crippen MR) is 104 cm³/mol. The number of rotatable bonds is 7. The lowest BCUT2D eigenvalue weighted by Crippen LogP contribution is -2.36. The third kappa shape index (κ3) is 5.21. The van der Waals surface area contributed by atoms with Crippen LogP contribution in [-0.2, 0) is 9.53 Å². The number of nitrogens with two attached hydrogens (primary N) is 1. The van der Waals surface area contributed by atoms with Crippen molar-refractivity contribution in [2.24, 2.45) is 10.7 Å². The number of hydrogen-bond acceptors (Lipinski definition) is 6. The minimum Gasteiger partial charge on any atom is -0.493 e. The van der Waals surface area contributed by atoms with Crippen LogP contribution in [0.2, 0.25) is 0 Å². The minimum absolute atomic E-state index is 0.195. The Labute approximate surface area is 158 Å². The molecule has 0 unspecified atom stereocenters. The Hall–Kier alpha value is -3.06. The zero-order valence-corrected chi connectivity index (χ0v) is 15.3. The minimum atomic E-state index is -0.539. The fourth-order valence-corrected chi connectivity index (χ4v) is 2.75. The molecule has 1 heterocycles. The molecular weight excluding hydrogens is 346 g/mol. The summed E-state index contributed by atoms with van der Waals surface area (Å²) in [7, 11) is 1.54. The number of hydrogen-bond donors (Lipinski definition) is 1. The number of amides is 1. The number of carbonyl (C=O) groups is 1. The van der Waals surface area contributed by atoms with Crippen molar-refractivity contribution in [3.8, 4) is 11.5 Å². The molecule has 1 aliphatic rings. The van der Waals surface area contributed by atoms with Crippen LogP contribution in [0.3, 0.4) is 0 Å². The molecule has 0 saturated carbocycles. The second-order valence-corrected chi connectivity index (χ2v) is 6.04. The van der Waals surface area contributed by atoms with Crippen molar-refractivity contribution in [1.29, 1.82) is 0 Å². The molecule has 7 heteroatoms. The van der Waals surface area contributed by atoms with Gasteiger partial charge in [-0.1, -0.05) is 0 Å². The zero-order valence-electron chi connectivity index (χ0n) is 15.3. The number of methoxy groups -OCH3 is 1. The van der Waals surface area contributed by atoms with Crippen LogP contribution in [0.5, 0.6) is 11.5 Å². The SMILES string of the molecule is COc1cc(C=Nc2ccc(N3CCOCC3)cc2)ccc1OCC(N)=O. The molecule has 1 saturated heterocycles. The van der Waals surface area contributed by atoms with Crippen LogP contribution in [0.1, 0.15) is 5.56 Å². The van der Waals surface area contributed by atoms with Crippen molar-refractivity contribution in [1.82, 2.24) is 0 Å². The van der Waals surface area contributed by atoms with Crippen molar-refractivity contribution in [3.63, 3.8) is 0 Å². The molecule has 7 nitrogen and oxygen atoms in total. The first kappa shape index (κ1) is 18.7. The van der Waals surface area contributed by atoms with E-state index in [1.807, 2.05) is 18.2 Å². The highest BCUT2D eigenvalue weighted by atomic mass is 16.5. The van der Waals surface area contributed by atoms with E-state index in [1.54, 1.807) is 18.3 Å². The Balaban J connectivity index is 1.67. The molecule has 2 aromatic carbocycles. The fraction of sp³-hybridized carbons (Fsp3) is 0.300. The average molecular weight is 369 g/mol. The standard InChI is InChI=1S/C20H23N3O4/c1-25-19-12-15(2-7-18(19)27-14-20(21)24)13-22-16-3-5-17(6-4-16)23-8-10-26-11-9-23/h2-7,12-13H,8-11,14H2,1H3,(H2,21,24). The Morgan fingerprint density at radius 2 is 1.93 bits per heavy atom. The molecule has 1 aliphatic heterocycles. The molecule has 2 N–H and O–H groups in total. The lowest BCUT2D eigenvalue weighted by molar-refractivity contribution is -0.119. The van der Waals surface area contributed by atoms with Crippen LogP contribution in [0.4, 0.5) is 11.4 Å². The monoisotopic (exact) mass is 369 g/mol. The fourth-order valence-electron chi connectivity index (χ4n) is 2.75. The van der Waals surface area contributed by atoms with Gasteiger partial charge in [-0.15, -0.1) is 0 Å². The van der Waals surface area contributed by atoms with Crippen LogP contribution in [0.15, 0.2) is 47.5 Å². The Morgan fingerprint density at radius 3 is 2.59 bits per heavy atom. The number of aliphatic imine (C=N–C) groups is 1. The summed E-state index contributed by atoms with van der Waals surface area (Å²) in [4.78, 5) is 17.7. The molecule has 142 valence electrons. The first-order chi connectivity index (χ1) is 13.2. The summed E-state index contributed by atoms with van der Waals surface area (Å²) < 4.78 is 16.0. The third-order valence-corrected chi connectivity index (χ3v) is 4.15. The predicted octanol–water partition coefficient (Wildman–Crippen LogP) is 2.15. The summed E-state index contributed by atoms with van der Waals surface area (Å²) in [5, 5.41) is 0. The number of anilines is 1. The van der Waals surface area contributed by atoms with E-state index in [9.17, 15) is 4.79 Å². The second-order valence-electron chi connectivity index (χ2n) is 6.04. The molecular formula is C20H23N3O4. The van der Waals surface area contributed by atoms with Crippen LogP contribution in [-0.4, -0.2) is 52.1 Å². The van der Waals surface area contributed by atoms with E-state index in [4.69, 9.17) is 19.9 Å². The van der Waals surface area contributed by atoms with Gasteiger partial charge in [-0.2, -0.15) is 0 Å². The number of morpholine rings is 1. The van der Waals surface area contributed by atoms with Crippen LogP contribution in [0, 0.1) is 0 Å². The van der Waals surface area contributed by atoms with Crippen LogP contribution < -0.4 is 20.1 Å². The highest BCUT2D eigenvalue weighted by Crippen LogP contribution is 2.28. The molecule has 0 aromatic heterocycles. The van der Waals surface area contributed by atoms with Gasteiger partial charge in [0.15, 0.2) is 18.1 Å². The van der Waals surface area contributed by atoms with Gasteiger partial charge in [-0.25, -0.2) is 0 Å². The van der Waals surface area contributed by atoms with Crippen molar-refractivity contribution in [3.05, 3.63) is 48.0 Å². The largest absolute Gasteiger partial charge is 0.493 e. The van der Waals surface area contributed by atoms with Gasteiger partial charge in [0.1, 0.15) is 0 Å². The summed E-state index contributed by atoms with van der Waals surface area (Å²) >= 11 is 0. The normalized spacial score (nSPS) is 14.3. The van der Waals surface area contributed by atoms with E-state index in [1.165, 1.54) is 12.8 Å². The maximum atomic E-state index is 10.8.